The number of pyridine rings is 1. The van der Waals surface area contributed by atoms with E-state index in [0.717, 1.165) is 17.0 Å². The van der Waals surface area contributed by atoms with Gasteiger partial charge in [0.25, 0.3) is 5.91 Å². The van der Waals surface area contributed by atoms with Crippen molar-refractivity contribution in [2.45, 2.75) is 24.6 Å². The van der Waals surface area contributed by atoms with Crippen LogP contribution in [-0.4, -0.2) is 23.2 Å². The Morgan fingerprint density at radius 2 is 2.12 bits per heavy atom. The van der Waals surface area contributed by atoms with Crippen LogP contribution < -0.4 is 10.1 Å². The van der Waals surface area contributed by atoms with Gasteiger partial charge in [-0.05, 0) is 43.7 Å². The maximum atomic E-state index is 12.8. The van der Waals surface area contributed by atoms with E-state index in [1.54, 1.807) is 25.4 Å². The minimum Gasteiger partial charge on any atom is -0.495 e. The number of thioether (sulfide) groups is 1. The summed E-state index contributed by atoms with van der Waals surface area (Å²) in [5.41, 5.74) is 2.97. The van der Waals surface area contributed by atoms with Crippen molar-refractivity contribution in [1.82, 2.24) is 10.1 Å². The molecule has 3 aromatic rings. The summed E-state index contributed by atoms with van der Waals surface area (Å²) in [5, 5.41) is 7.51. The topological polar surface area (TPSA) is 77.2 Å². The molecule has 2 heterocycles. The average Bonchev–Trinajstić information content (AvgIpc) is 3.06. The van der Waals surface area contributed by atoms with Crippen molar-refractivity contribution >= 4 is 23.4 Å². The number of aromatic nitrogens is 2. The highest BCUT2D eigenvalue weighted by atomic mass is 32.2. The third kappa shape index (κ3) is 4.23. The lowest BCUT2D eigenvalue weighted by molar-refractivity contribution is 0.102. The number of amides is 1. The molecule has 1 aromatic carbocycles. The molecule has 0 fully saturated rings. The lowest BCUT2D eigenvalue weighted by Crippen LogP contribution is -2.14. The van der Waals surface area contributed by atoms with Crippen LogP contribution in [0, 0.1) is 13.8 Å². The third-order valence-electron chi connectivity index (χ3n) is 3.65. The molecule has 6 nitrogen and oxygen atoms in total. The number of hydrogen-bond donors (Lipinski definition) is 1. The van der Waals surface area contributed by atoms with E-state index < -0.39 is 0 Å². The number of hydrogen-bond acceptors (Lipinski definition) is 6. The molecule has 0 aliphatic rings. The normalized spacial score (nSPS) is 10.6. The summed E-state index contributed by atoms with van der Waals surface area (Å²) in [5.74, 6) is 1.70. The number of ether oxygens (including phenoxy) is 1. The Morgan fingerprint density at radius 3 is 2.85 bits per heavy atom. The molecular formula is C19H19N3O3S. The number of carbonyl (C=O) groups is 1. The molecule has 2 aromatic heterocycles. The van der Waals surface area contributed by atoms with E-state index in [1.807, 2.05) is 38.1 Å². The van der Waals surface area contributed by atoms with Gasteiger partial charge in [-0.25, -0.2) is 4.98 Å². The Kier molecular flexibility index (Phi) is 5.58. The Bertz CT molecular complexity index is 924. The van der Waals surface area contributed by atoms with Gasteiger partial charge in [-0.15, -0.1) is 0 Å². The number of methoxy groups -OCH3 is 1. The number of anilines is 1. The van der Waals surface area contributed by atoms with Crippen LogP contribution in [0.3, 0.4) is 0 Å². The first-order chi connectivity index (χ1) is 12.6. The SMILES string of the molecule is COc1ccc(C)cc1NC(=O)c1cccnc1SCc1cc(C)on1. The van der Waals surface area contributed by atoms with Gasteiger partial charge < -0.3 is 14.6 Å². The van der Waals surface area contributed by atoms with Crippen LogP contribution in [0.4, 0.5) is 5.69 Å². The largest absolute Gasteiger partial charge is 0.495 e. The monoisotopic (exact) mass is 369 g/mol. The van der Waals surface area contributed by atoms with E-state index >= 15 is 0 Å². The lowest BCUT2D eigenvalue weighted by atomic mass is 10.2. The van der Waals surface area contributed by atoms with Gasteiger partial charge in [0.2, 0.25) is 0 Å². The minimum atomic E-state index is -0.235. The van der Waals surface area contributed by atoms with Crippen molar-refractivity contribution in [2.24, 2.45) is 0 Å². The van der Waals surface area contributed by atoms with Crippen LogP contribution in [0.1, 0.15) is 27.4 Å². The first-order valence-electron chi connectivity index (χ1n) is 8.03. The van der Waals surface area contributed by atoms with Crippen molar-refractivity contribution in [1.29, 1.82) is 0 Å². The van der Waals surface area contributed by atoms with Gasteiger partial charge in [0.1, 0.15) is 16.5 Å². The van der Waals surface area contributed by atoms with Gasteiger partial charge in [-0.3, -0.25) is 4.79 Å². The molecule has 3 rings (SSSR count). The molecule has 0 spiro atoms. The summed E-state index contributed by atoms with van der Waals surface area (Å²) < 4.78 is 10.4. The highest BCUT2D eigenvalue weighted by molar-refractivity contribution is 7.98. The summed E-state index contributed by atoms with van der Waals surface area (Å²) in [7, 11) is 1.57. The molecule has 0 saturated heterocycles. The van der Waals surface area contributed by atoms with Crippen LogP contribution in [0.15, 0.2) is 52.1 Å². The second kappa shape index (κ2) is 8.05. The van der Waals surface area contributed by atoms with E-state index in [1.165, 1.54) is 11.8 Å². The Labute approximate surface area is 156 Å². The molecule has 1 amide bonds. The van der Waals surface area contributed by atoms with Crippen LogP contribution in [0.25, 0.3) is 0 Å². The van der Waals surface area contributed by atoms with Crippen molar-refractivity contribution in [2.75, 3.05) is 12.4 Å². The second-order valence-electron chi connectivity index (χ2n) is 5.73. The summed E-state index contributed by atoms with van der Waals surface area (Å²) in [4.78, 5) is 17.1. The van der Waals surface area contributed by atoms with Gasteiger partial charge in [0, 0.05) is 18.0 Å². The second-order valence-corrected chi connectivity index (χ2v) is 6.70. The van der Waals surface area contributed by atoms with E-state index in [9.17, 15) is 4.79 Å². The molecule has 0 bridgehead atoms. The van der Waals surface area contributed by atoms with Gasteiger partial charge in [0.15, 0.2) is 0 Å². The Hall–Kier alpha value is -2.80. The van der Waals surface area contributed by atoms with Crippen LogP contribution in [-0.2, 0) is 5.75 Å². The molecule has 7 heteroatoms. The number of nitrogens with zero attached hydrogens (tertiary/aromatic N) is 2. The molecule has 134 valence electrons. The summed E-state index contributed by atoms with van der Waals surface area (Å²) in [6.45, 7) is 3.80. The molecule has 0 aliphatic heterocycles. The van der Waals surface area contributed by atoms with Crippen LogP contribution >= 0.6 is 11.8 Å². The summed E-state index contributed by atoms with van der Waals surface area (Å²) in [6.07, 6.45) is 1.67. The van der Waals surface area contributed by atoms with Gasteiger partial charge in [-0.1, -0.05) is 23.0 Å². The summed E-state index contributed by atoms with van der Waals surface area (Å²) in [6, 6.07) is 11.0. The lowest BCUT2D eigenvalue weighted by Gasteiger charge is -2.12. The van der Waals surface area contributed by atoms with E-state index in [4.69, 9.17) is 9.26 Å². The smallest absolute Gasteiger partial charge is 0.258 e. The highest BCUT2D eigenvalue weighted by Crippen LogP contribution is 2.28. The number of carbonyl (C=O) groups excluding carboxylic acids is 1. The molecule has 26 heavy (non-hydrogen) atoms. The molecule has 0 saturated carbocycles. The Balaban J connectivity index is 1.78. The van der Waals surface area contributed by atoms with E-state index in [0.29, 0.717) is 27.8 Å². The number of nitrogens with one attached hydrogen (secondary N) is 1. The molecule has 0 radical (unpaired) electrons. The van der Waals surface area contributed by atoms with Crippen LogP contribution in [0.5, 0.6) is 5.75 Å². The zero-order chi connectivity index (χ0) is 18.5. The van der Waals surface area contributed by atoms with Gasteiger partial charge in [0.05, 0.1) is 24.1 Å². The first-order valence-corrected chi connectivity index (χ1v) is 9.01. The zero-order valence-electron chi connectivity index (χ0n) is 14.8. The summed E-state index contributed by atoms with van der Waals surface area (Å²) >= 11 is 1.44. The molecule has 0 unspecified atom stereocenters. The quantitative estimate of drug-likeness (QED) is 0.655. The third-order valence-corrected chi connectivity index (χ3v) is 4.69. The fourth-order valence-electron chi connectivity index (χ4n) is 2.42. The standard InChI is InChI=1S/C19H19N3O3S/c1-12-6-7-17(24-3)16(9-12)21-18(23)15-5-4-8-20-19(15)26-11-14-10-13(2)25-22-14/h4-10H,11H2,1-3H3,(H,21,23). The van der Waals surface area contributed by atoms with Crippen molar-refractivity contribution in [3.8, 4) is 5.75 Å². The Morgan fingerprint density at radius 1 is 1.27 bits per heavy atom. The molecule has 0 atom stereocenters. The first kappa shape index (κ1) is 18.0. The maximum Gasteiger partial charge on any atom is 0.258 e. The van der Waals surface area contributed by atoms with Gasteiger partial charge >= 0.3 is 0 Å². The van der Waals surface area contributed by atoms with E-state index in [2.05, 4.69) is 15.5 Å². The predicted octanol–water partition coefficient (Wildman–Crippen LogP) is 4.24. The maximum absolute atomic E-state index is 12.8. The average molecular weight is 369 g/mol. The number of rotatable bonds is 6. The van der Waals surface area contributed by atoms with Gasteiger partial charge in [-0.2, -0.15) is 0 Å². The van der Waals surface area contributed by atoms with Crippen LogP contribution in [0.2, 0.25) is 0 Å². The van der Waals surface area contributed by atoms with Crippen molar-refractivity contribution in [3.05, 3.63) is 65.2 Å². The molecular weight excluding hydrogens is 350 g/mol. The molecule has 1 N–H and O–H groups in total. The fraction of sp³-hybridized carbons (Fsp3) is 0.211. The van der Waals surface area contributed by atoms with E-state index in [-0.39, 0.29) is 5.91 Å². The molecule has 0 aliphatic carbocycles. The van der Waals surface area contributed by atoms with Crippen molar-refractivity contribution < 1.29 is 14.1 Å². The number of aryl methyl sites for hydroxylation is 2. The number of benzene rings is 1. The minimum absolute atomic E-state index is 0.235. The fourth-order valence-corrected chi connectivity index (χ4v) is 3.29. The zero-order valence-corrected chi connectivity index (χ0v) is 15.6. The highest BCUT2D eigenvalue weighted by Gasteiger charge is 2.15. The predicted molar refractivity (Wildman–Crippen MR) is 101 cm³/mol. The van der Waals surface area contributed by atoms with Crippen molar-refractivity contribution in [3.63, 3.8) is 0 Å².